The fourth-order valence-electron chi connectivity index (χ4n) is 3.06. The van der Waals surface area contributed by atoms with Crippen LogP contribution in [0.5, 0.6) is 0 Å². The molecule has 1 aliphatic carbocycles. The average Bonchev–Trinajstić information content (AvgIpc) is 2.91. The number of imidazole rings is 1. The zero-order valence-electron chi connectivity index (χ0n) is 10.9. The molecule has 3 nitrogen and oxygen atoms in total. The number of aromatic nitrogens is 2. The van der Waals surface area contributed by atoms with Crippen LogP contribution in [0.2, 0.25) is 0 Å². The second-order valence-corrected chi connectivity index (χ2v) is 6.24. The number of aryl methyl sites for hydroxylation is 1. The molecule has 0 saturated heterocycles. The Hall–Kier alpha value is -1.16. The van der Waals surface area contributed by atoms with E-state index in [0.717, 1.165) is 22.3 Å². The van der Waals surface area contributed by atoms with Crippen LogP contribution in [0, 0.1) is 6.92 Å². The van der Waals surface area contributed by atoms with Gasteiger partial charge in [0, 0.05) is 17.0 Å². The lowest BCUT2D eigenvalue weighted by Gasteiger charge is -2.15. The van der Waals surface area contributed by atoms with Gasteiger partial charge < -0.3 is 10.3 Å². The summed E-state index contributed by atoms with van der Waals surface area (Å²) in [5, 5.41) is 0.806. The molecular formula is C14H19N3S. The maximum absolute atomic E-state index is 5.83. The summed E-state index contributed by atoms with van der Waals surface area (Å²) in [6.07, 6.45) is 6.06. The summed E-state index contributed by atoms with van der Waals surface area (Å²) in [5.41, 5.74) is 8.88. The Morgan fingerprint density at radius 2 is 2.22 bits per heavy atom. The van der Waals surface area contributed by atoms with Crippen molar-refractivity contribution in [1.82, 2.24) is 9.55 Å². The maximum atomic E-state index is 5.83. The first-order valence-electron chi connectivity index (χ1n) is 6.46. The Morgan fingerprint density at radius 3 is 2.94 bits per heavy atom. The van der Waals surface area contributed by atoms with Gasteiger partial charge in [0.1, 0.15) is 5.82 Å². The summed E-state index contributed by atoms with van der Waals surface area (Å²) in [4.78, 5) is 4.65. The van der Waals surface area contributed by atoms with Crippen LogP contribution in [0.3, 0.4) is 0 Å². The zero-order valence-corrected chi connectivity index (χ0v) is 11.7. The van der Waals surface area contributed by atoms with E-state index in [1.807, 2.05) is 23.9 Å². The third-order valence-corrected chi connectivity index (χ3v) is 5.04. The molecule has 2 atom stereocenters. The summed E-state index contributed by atoms with van der Waals surface area (Å²) in [7, 11) is 0. The predicted octanol–water partition coefficient (Wildman–Crippen LogP) is 3.38. The molecule has 1 aromatic heterocycles. The van der Waals surface area contributed by atoms with Crippen LogP contribution in [0.25, 0.3) is 11.0 Å². The number of thioether (sulfide) groups is 1. The molecule has 1 saturated carbocycles. The molecule has 0 spiro atoms. The van der Waals surface area contributed by atoms with Crippen LogP contribution in [-0.4, -0.2) is 21.1 Å². The van der Waals surface area contributed by atoms with Crippen molar-refractivity contribution in [3.05, 3.63) is 24.0 Å². The molecule has 2 N–H and O–H groups in total. The number of nitrogens with two attached hydrogens (primary N) is 1. The summed E-state index contributed by atoms with van der Waals surface area (Å²) < 4.78 is 2.41. The summed E-state index contributed by atoms with van der Waals surface area (Å²) in [6.45, 7) is 2.10. The second kappa shape index (κ2) is 4.50. The van der Waals surface area contributed by atoms with Crippen LogP contribution in [-0.2, 0) is 0 Å². The van der Waals surface area contributed by atoms with E-state index in [1.165, 1.54) is 24.8 Å². The van der Waals surface area contributed by atoms with Gasteiger partial charge in [0.2, 0.25) is 0 Å². The fourth-order valence-corrected chi connectivity index (χ4v) is 3.85. The minimum absolute atomic E-state index is 0.607. The number of fused-ring (bicyclic) bond motifs is 1. The van der Waals surface area contributed by atoms with Crippen molar-refractivity contribution in [2.45, 2.75) is 37.5 Å². The molecule has 18 heavy (non-hydrogen) atoms. The Bertz CT molecular complexity index is 576. The molecule has 1 aliphatic rings. The van der Waals surface area contributed by atoms with Crippen molar-refractivity contribution in [3.63, 3.8) is 0 Å². The molecule has 2 aromatic rings. The highest BCUT2D eigenvalue weighted by molar-refractivity contribution is 7.99. The molecule has 1 aromatic carbocycles. The lowest BCUT2D eigenvalue weighted by Crippen LogP contribution is -2.08. The van der Waals surface area contributed by atoms with Crippen LogP contribution in [0.1, 0.15) is 31.1 Å². The molecule has 3 rings (SSSR count). The van der Waals surface area contributed by atoms with Gasteiger partial charge in [0.25, 0.3) is 0 Å². The summed E-state index contributed by atoms with van der Waals surface area (Å²) in [5.74, 6) is 1.11. The van der Waals surface area contributed by atoms with Gasteiger partial charge in [0.05, 0.1) is 11.0 Å². The molecule has 0 amide bonds. The van der Waals surface area contributed by atoms with E-state index in [4.69, 9.17) is 5.73 Å². The molecule has 1 fully saturated rings. The first-order chi connectivity index (χ1) is 8.69. The van der Waals surface area contributed by atoms with E-state index >= 15 is 0 Å². The molecule has 2 unspecified atom stereocenters. The Balaban J connectivity index is 2.04. The first kappa shape index (κ1) is 11.9. The SMILES string of the molecule is CSC1CCC(n2c(C)nc3cc(N)ccc32)C1. The molecule has 96 valence electrons. The molecule has 0 aliphatic heterocycles. The smallest absolute Gasteiger partial charge is 0.106 e. The zero-order chi connectivity index (χ0) is 12.7. The minimum atomic E-state index is 0.607. The van der Waals surface area contributed by atoms with Gasteiger partial charge in [-0.3, -0.25) is 0 Å². The van der Waals surface area contributed by atoms with Gasteiger partial charge in [-0.05, 0) is 50.6 Å². The Morgan fingerprint density at radius 1 is 1.39 bits per heavy atom. The largest absolute Gasteiger partial charge is 0.399 e. The normalized spacial score (nSPS) is 23.9. The quantitative estimate of drug-likeness (QED) is 0.843. The highest BCUT2D eigenvalue weighted by Gasteiger charge is 2.27. The van der Waals surface area contributed by atoms with E-state index in [2.05, 4.69) is 28.8 Å². The number of nitrogens with zero attached hydrogens (tertiary/aromatic N) is 2. The molecule has 4 heteroatoms. The van der Waals surface area contributed by atoms with Crippen molar-refractivity contribution < 1.29 is 0 Å². The Kier molecular flexibility index (Phi) is 2.98. The van der Waals surface area contributed by atoms with Crippen LogP contribution in [0.4, 0.5) is 5.69 Å². The number of nitrogen functional groups attached to an aromatic ring is 1. The Labute approximate surface area is 112 Å². The topological polar surface area (TPSA) is 43.8 Å². The van der Waals surface area contributed by atoms with Crippen LogP contribution >= 0.6 is 11.8 Å². The van der Waals surface area contributed by atoms with Crippen molar-refractivity contribution in [1.29, 1.82) is 0 Å². The van der Waals surface area contributed by atoms with E-state index < -0.39 is 0 Å². The minimum Gasteiger partial charge on any atom is -0.399 e. The van der Waals surface area contributed by atoms with E-state index in [1.54, 1.807) is 0 Å². The average molecular weight is 261 g/mol. The van der Waals surface area contributed by atoms with Crippen molar-refractivity contribution in [2.75, 3.05) is 12.0 Å². The predicted molar refractivity (Wildman–Crippen MR) is 79.1 cm³/mol. The molecule has 0 radical (unpaired) electrons. The molecular weight excluding hydrogens is 242 g/mol. The lowest BCUT2D eigenvalue weighted by atomic mass is 10.2. The third kappa shape index (κ3) is 1.88. The monoisotopic (exact) mass is 261 g/mol. The third-order valence-electron chi connectivity index (χ3n) is 3.95. The summed E-state index contributed by atoms with van der Waals surface area (Å²) in [6, 6.07) is 6.66. The molecule has 0 bridgehead atoms. The summed E-state index contributed by atoms with van der Waals surface area (Å²) >= 11 is 1.99. The number of rotatable bonds is 2. The molecule has 1 heterocycles. The van der Waals surface area contributed by atoms with Gasteiger partial charge in [-0.1, -0.05) is 0 Å². The van der Waals surface area contributed by atoms with Crippen LogP contribution < -0.4 is 5.73 Å². The fraction of sp³-hybridized carbons (Fsp3) is 0.500. The highest BCUT2D eigenvalue weighted by Crippen LogP contribution is 2.38. The van der Waals surface area contributed by atoms with E-state index in [0.29, 0.717) is 6.04 Å². The van der Waals surface area contributed by atoms with Gasteiger partial charge in [-0.25, -0.2) is 4.98 Å². The number of benzene rings is 1. The number of hydrogen-bond acceptors (Lipinski definition) is 3. The van der Waals surface area contributed by atoms with Gasteiger partial charge >= 0.3 is 0 Å². The standard InChI is InChI=1S/C14H19N3S/c1-9-16-13-7-10(15)3-6-14(13)17(9)11-4-5-12(8-11)18-2/h3,6-7,11-12H,4-5,8,15H2,1-2H3. The lowest BCUT2D eigenvalue weighted by molar-refractivity contribution is 0.521. The second-order valence-electron chi connectivity index (χ2n) is 5.10. The maximum Gasteiger partial charge on any atom is 0.106 e. The number of anilines is 1. The number of hydrogen-bond donors (Lipinski definition) is 1. The van der Waals surface area contributed by atoms with Gasteiger partial charge in [-0.15, -0.1) is 0 Å². The first-order valence-corrected chi connectivity index (χ1v) is 7.74. The van der Waals surface area contributed by atoms with Crippen molar-refractivity contribution in [2.24, 2.45) is 0 Å². The van der Waals surface area contributed by atoms with Crippen molar-refractivity contribution >= 4 is 28.5 Å². The van der Waals surface area contributed by atoms with Crippen LogP contribution in [0.15, 0.2) is 18.2 Å². The van der Waals surface area contributed by atoms with Gasteiger partial charge in [0.15, 0.2) is 0 Å². The highest BCUT2D eigenvalue weighted by atomic mass is 32.2. The van der Waals surface area contributed by atoms with E-state index in [-0.39, 0.29) is 0 Å². The van der Waals surface area contributed by atoms with Crippen molar-refractivity contribution in [3.8, 4) is 0 Å². The van der Waals surface area contributed by atoms with E-state index in [9.17, 15) is 0 Å². The van der Waals surface area contributed by atoms with Gasteiger partial charge in [-0.2, -0.15) is 11.8 Å².